The molecule has 2 rings (SSSR count). The molecule has 0 aromatic carbocycles. The number of nitrogens with zero attached hydrogens (tertiary/aromatic N) is 1. The lowest BCUT2D eigenvalue weighted by atomic mass is 10.0. The minimum absolute atomic E-state index is 0.428. The van der Waals surface area contributed by atoms with Gasteiger partial charge < -0.3 is 14.8 Å². The first-order valence-corrected chi connectivity index (χ1v) is 6.49. The second-order valence-electron chi connectivity index (χ2n) is 4.83. The smallest absolute Gasteiger partial charge is 0.0700 e. The van der Waals surface area contributed by atoms with Crippen LogP contribution in [0.1, 0.15) is 19.8 Å². The van der Waals surface area contributed by atoms with Crippen LogP contribution in [0.4, 0.5) is 0 Å². The van der Waals surface area contributed by atoms with Crippen molar-refractivity contribution in [2.75, 3.05) is 46.0 Å². The fraction of sp³-hybridized carbons (Fsp3) is 1.00. The van der Waals surface area contributed by atoms with Crippen molar-refractivity contribution < 1.29 is 9.47 Å². The van der Waals surface area contributed by atoms with E-state index in [-0.39, 0.29) is 0 Å². The molecule has 2 atom stereocenters. The van der Waals surface area contributed by atoms with Crippen LogP contribution in [-0.4, -0.2) is 63.0 Å². The molecule has 0 aromatic rings. The highest BCUT2D eigenvalue weighted by molar-refractivity contribution is 4.75. The van der Waals surface area contributed by atoms with Crippen molar-refractivity contribution in [1.29, 1.82) is 0 Å². The Morgan fingerprint density at radius 2 is 2.12 bits per heavy atom. The highest BCUT2D eigenvalue weighted by Gasteiger charge is 2.18. The van der Waals surface area contributed by atoms with Crippen LogP contribution in [-0.2, 0) is 9.47 Å². The molecule has 4 nitrogen and oxygen atoms in total. The Kier molecular flexibility index (Phi) is 5.03. The van der Waals surface area contributed by atoms with Crippen LogP contribution in [0.5, 0.6) is 0 Å². The maximum atomic E-state index is 5.89. The van der Waals surface area contributed by atoms with Gasteiger partial charge in [-0.25, -0.2) is 0 Å². The van der Waals surface area contributed by atoms with E-state index in [1.807, 2.05) is 0 Å². The Morgan fingerprint density at radius 1 is 1.31 bits per heavy atom. The van der Waals surface area contributed by atoms with Gasteiger partial charge in [-0.05, 0) is 19.8 Å². The quantitative estimate of drug-likeness (QED) is 0.758. The summed E-state index contributed by atoms with van der Waals surface area (Å²) in [7, 11) is 0. The number of rotatable bonds is 4. The van der Waals surface area contributed by atoms with Crippen LogP contribution < -0.4 is 5.32 Å². The third kappa shape index (κ3) is 4.01. The summed E-state index contributed by atoms with van der Waals surface area (Å²) in [4.78, 5) is 2.42. The van der Waals surface area contributed by atoms with Crippen LogP contribution in [0.2, 0.25) is 0 Å². The molecule has 0 aliphatic carbocycles. The summed E-state index contributed by atoms with van der Waals surface area (Å²) in [5.74, 6) is 0. The highest BCUT2D eigenvalue weighted by Crippen LogP contribution is 2.10. The van der Waals surface area contributed by atoms with Crippen LogP contribution in [0.3, 0.4) is 0 Å². The maximum absolute atomic E-state index is 5.89. The molecule has 4 heteroatoms. The molecule has 2 saturated heterocycles. The molecular weight excluding hydrogens is 204 g/mol. The second kappa shape index (κ2) is 6.55. The largest absolute Gasteiger partial charge is 0.379 e. The molecule has 2 fully saturated rings. The monoisotopic (exact) mass is 228 g/mol. The van der Waals surface area contributed by atoms with Crippen molar-refractivity contribution in [1.82, 2.24) is 10.2 Å². The topological polar surface area (TPSA) is 33.7 Å². The normalized spacial score (nSPS) is 32.8. The van der Waals surface area contributed by atoms with Crippen LogP contribution in [0.15, 0.2) is 0 Å². The van der Waals surface area contributed by atoms with Crippen LogP contribution >= 0.6 is 0 Å². The predicted molar refractivity (Wildman–Crippen MR) is 63.7 cm³/mol. The van der Waals surface area contributed by atoms with Crippen molar-refractivity contribution in [3.63, 3.8) is 0 Å². The fourth-order valence-corrected chi connectivity index (χ4v) is 2.29. The SMILES string of the molecule is CC1CCC(OCCN2CCOCC2)CN1. The van der Waals surface area contributed by atoms with Crippen molar-refractivity contribution in [3.8, 4) is 0 Å². The van der Waals surface area contributed by atoms with Gasteiger partial charge in [0.15, 0.2) is 0 Å². The fourth-order valence-electron chi connectivity index (χ4n) is 2.29. The number of hydrogen-bond acceptors (Lipinski definition) is 4. The Bertz CT molecular complexity index is 187. The van der Waals surface area contributed by atoms with E-state index in [0.717, 1.165) is 46.0 Å². The Balaban J connectivity index is 1.53. The van der Waals surface area contributed by atoms with E-state index in [2.05, 4.69) is 17.1 Å². The summed E-state index contributed by atoms with van der Waals surface area (Å²) < 4.78 is 11.2. The van der Waals surface area contributed by atoms with Crippen molar-refractivity contribution in [2.24, 2.45) is 0 Å². The number of morpholine rings is 1. The zero-order chi connectivity index (χ0) is 11.2. The molecular formula is C12H24N2O2. The van der Waals surface area contributed by atoms with Crippen LogP contribution in [0, 0.1) is 0 Å². The first kappa shape index (κ1) is 12.3. The van der Waals surface area contributed by atoms with Gasteiger partial charge in [-0.3, -0.25) is 4.90 Å². The van der Waals surface area contributed by atoms with Gasteiger partial charge in [-0.2, -0.15) is 0 Å². The van der Waals surface area contributed by atoms with Crippen molar-refractivity contribution in [3.05, 3.63) is 0 Å². The predicted octanol–water partition coefficient (Wildman–Crippen LogP) is 0.476. The summed E-state index contributed by atoms with van der Waals surface area (Å²) in [6.45, 7) is 9.04. The first-order chi connectivity index (χ1) is 7.84. The molecule has 2 aliphatic rings. The molecule has 0 amide bonds. The van der Waals surface area contributed by atoms with Crippen molar-refractivity contribution in [2.45, 2.75) is 31.9 Å². The zero-order valence-electron chi connectivity index (χ0n) is 10.3. The molecule has 2 unspecified atom stereocenters. The van der Waals surface area contributed by atoms with Gasteiger partial charge in [-0.1, -0.05) is 0 Å². The molecule has 2 aliphatic heterocycles. The van der Waals surface area contributed by atoms with E-state index in [4.69, 9.17) is 9.47 Å². The third-order valence-corrected chi connectivity index (χ3v) is 3.48. The molecule has 0 bridgehead atoms. The van der Waals surface area contributed by atoms with Crippen molar-refractivity contribution >= 4 is 0 Å². The molecule has 2 heterocycles. The molecule has 0 aromatic heterocycles. The standard InChI is InChI=1S/C12H24N2O2/c1-11-2-3-12(10-13-11)16-9-6-14-4-7-15-8-5-14/h11-13H,2-10H2,1H3. The van der Waals surface area contributed by atoms with E-state index in [1.165, 1.54) is 12.8 Å². The minimum Gasteiger partial charge on any atom is -0.379 e. The van der Waals surface area contributed by atoms with Gasteiger partial charge in [-0.15, -0.1) is 0 Å². The van der Waals surface area contributed by atoms with E-state index in [1.54, 1.807) is 0 Å². The highest BCUT2D eigenvalue weighted by atomic mass is 16.5. The number of piperidine rings is 1. The maximum Gasteiger partial charge on any atom is 0.0700 e. The van der Waals surface area contributed by atoms with Gasteiger partial charge in [0.1, 0.15) is 0 Å². The minimum atomic E-state index is 0.428. The molecule has 0 radical (unpaired) electrons. The molecule has 0 spiro atoms. The Morgan fingerprint density at radius 3 is 2.81 bits per heavy atom. The molecule has 16 heavy (non-hydrogen) atoms. The number of ether oxygens (including phenoxy) is 2. The summed E-state index contributed by atoms with van der Waals surface area (Å²) in [5, 5.41) is 3.46. The third-order valence-electron chi connectivity index (χ3n) is 3.48. The first-order valence-electron chi connectivity index (χ1n) is 6.49. The lowest BCUT2D eigenvalue weighted by molar-refractivity contribution is -0.00677. The average molecular weight is 228 g/mol. The van der Waals surface area contributed by atoms with Crippen LogP contribution in [0.25, 0.3) is 0 Å². The van der Waals surface area contributed by atoms with Gasteiger partial charge >= 0.3 is 0 Å². The van der Waals surface area contributed by atoms with Gasteiger partial charge in [0.05, 0.1) is 25.9 Å². The summed E-state index contributed by atoms with van der Waals surface area (Å²) in [5.41, 5.74) is 0. The number of hydrogen-bond donors (Lipinski definition) is 1. The van der Waals surface area contributed by atoms with Gasteiger partial charge in [0.2, 0.25) is 0 Å². The lowest BCUT2D eigenvalue weighted by Crippen LogP contribution is -2.43. The average Bonchev–Trinajstić information content (AvgIpc) is 2.33. The van der Waals surface area contributed by atoms with Gasteiger partial charge in [0, 0.05) is 32.2 Å². The Labute approximate surface area is 98.3 Å². The second-order valence-corrected chi connectivity index (χ2v) is 4.83. The van der Waals surface area contributed by atoms with E-state index >= 15 is 0 Å². The summed E-state index contributed by atoms with van der Waals surface area (Å²) >= 11 is 0. The summed E-state index contributed by atoms with van der Waals surface area (Å²) in [6, 6.07) is 0.666. The molecule has 94 valence electrons. The Hall–Kier alpha value is -0.160. The van der Waals surface area contributed by atoms with Gasteiger partial charge in [0.25, 0.3) is 0 Å². The molecule has 0 saturated carbocycles. The van der Waals surface area contributed by atoms with E-state index in [9.17, 15) is 0 Å². The molecule has 1 N–H and O–H groups in total. The number of nitrogens with one attached hydrogen (secondary N) is 1. The van der Waals surface area contributed by atoms with E-state index in [0.29, 0.717) is 12.1 Å². The summed E-state index contributed by atoms with van der Waals surface area (Å²) in [6.07, 6.45) is 2.87. The van der Waals surface area contributed by atoms with E-state index < -0.39 is 0 Å². The zero-order valence-corrected chi connectivity index (χ0v) is 10.3. The lowest BCUT2D eigenvalue weighted by Gasteiger charge is -2.30.